The van der Waals surface area contributed by atoms with Gasteiger partial charge in [-0.1, -0.05) is 24.3 Å². The van der Waals surface area contributed by atoms with E-state index in [1.54, 1.807) is 7.11 Å². The normalized spacial score (nSPS) is 14.5. The van der Waals surface area contributed by atoms with Crippen molar-refractivity contribution in [3.8, 4) is 5.75 Å². The molecule has 2 aromatic carbocycles. The zero-order chi connectivity index (χ0) is 16.9. The second kappa shape index (κ2) is 7.25. The first-order chi connectivity index (χ1) is 11.7. The molecule has 24 heavy (non-hydrogen) atoms. The van der Waals surface area contributed by atoms with E-state index >= 15 is 0 Å². The van der Waals surface area contributed by atoms with Gasteiger partial charge in [-0.15, -0.1) is 0 Å². The number of nitrogen functional groups attached to an aromatic ring is 1. The molecule has 0 aliphatic carbocycles. The molecular formula is C19H23N3O2. The van der Waals surface area contributed by atoms with Crippen molar-refractivity contribution < 1.29 is 9.53 Å². The van der Waals surface area contributed by atoms with E-state index in [9.17, 15) is 4.79 Å². The van der Waals surface area contributed by atoms with Crippen LogP contribution in [0.15, 0.2) is 48.5 Å². The van der Waals surface area contributed by atoms with Gasteiger partial charge in [-0.2, -0.15) is 0 Å². The molecule has 1 amide bonds. The SMILES string of the molecule is COc1ccccc1N1CCN(C(=O)Cc2cccc(N)c2)CC1. The number of amides is 1. The molecular weight excluding hydrogens is 302 g/mol. The number of anilines is 2. The van der Waals surface area contributed by atoms with Crippen molar-refractivity contribution in [2.24, 2.45) is 0 Å². The molecule has 0 unspecified atom stereocenters. The molecule has 0 spiro atoms. The molecule has 1 saturated heterocycles. The van der Waals surface area contributed by atoms with E-state index in [4.69, 9.17) is 10.5 Å². The third-order valence-corrected chi connectivity index (χ3v) is 4.36. The van der Waals surface area contributed by atoms with E-state index < -0.39 is 0 Å². The average Bonchev–Trinajstić information content (AvgIpc) is 2.62. The monoisotopic (exact) mass is 325 g/mol. The number of carbonyl (C=O) groups is 1. The van der Waals surface area contributed by atoms with E-state index in [0.29, 0.717) is 12.1 Å². The van der Waals surface area contributed by atoms with Crippen molar-refractivity contribution in [2.45, 2.75) is 6.42 Å². The molecule has 2 N–H and O–H groups in total. The number of hydrogen-bond acceptors (Lipinski definition) is 4. The van der Waals surface area contributed by atoms with E-state index in [1.165, 1.54) is 0 Å². The van der Waals surface area contributed by atoms with E-state index in [-0.39, 0.29) is 5.91 Å². The quantitative estimate of drug-likeness (QED) is 0.875. The maximum atomic E-state index is 12.5. The van der Waals surface area contributed by atoms with Crippen LogP contribution >= 0.6 is 0 Å². The van der Waals surface area contributed by atoms with E-state index in [2.05, 4.69) is 11.0 Å². The fraction of sp³-hybridized carbons (Fsp3) is 0.316. The molecule has 5 heteroatoms. The number of piperazine rings is 1. The minimum atomic E-state index is 0.153. The van der Waals surface area contributed by atoms with Gasteiger partial charge >= 0.3 is 0 Å². The smallest absolute Gasteiger partial charge is 0.227 e. The van der Waals surface area contributed by atoms with Gasteiger partial charge in [-0.05, 0) is 29.8 Å². The molecule has 126 valence electrons. The van der Waals surface area contributed by atoms with Crippen LogP contribution in [-0.2, 0) is 11.2 Å². The van der Waals surface area contributed by atoms with Crippen LogP contribution in [0.5, 0.6) is 5.75 Å². The summed E-state index contributed by atoms with van der Waals surface area (Å²) in [6.45, 7) is 3.06. The summed E-state index contributed by atoms with van der Waals surface area (Å²) in [5, 5.41) is 0. The Bertz CT molecular complexity index is 709. The fourth-order valence-corrected chi connectivity index (χ4v) is 3.08. The number of para-hydroxylation sites is 2. The summed E-state index contributed by atoms with van der Waals surface area (Å²) in [4.78, 5) is 16.7. The fourth-order valence-electron chi connectivity index (χ4n) is 3.08. The Morgan fingerprint density at radius 3 is 2.54 bits per heavy atom. The lowest BCUT2D eigenvalue weighted by Gasteiger charge is -2.36. The molecule has 1 aliphatic rings. The van der Waals surface area contributed by atoms with Gasteiger partial charge in [0, 0.05) is 31.9 Å². The average molecular weight is 325 g/mol. The maximum absolute atomic E-state index is 12.5. The van der Waals surface area contributed by atoms with Crippen molar-refractivity contribution in [1.29, 1.82) is 0 Å². The number of carbonyl (C=O) groups excluding carboxylic acids is 1. The van der Waals surface area contributed by atoms with Gasteiger partial charge in [-0.3, -0.25) is 4.79 Å². The molecule has 3 rings (SSSR count). The molecule has 2 aromatic rings. The van der Waals surface area contributed by atoms with Crippen molar-refractivity contribution in [3.63, 3.8) is 0 Å². The molecule has 1 heterocycles. The summed E-state index contributed by atoms with van der Waals surface area (Å²) in [5.41, 5.74) is 8.53. The number of methoxy groups -OCH3 is 1. The highest BCUT2D eigenvalue weighted by Gasteiger charge is 2.22. The van der Waals surface area contributed by atoms with Crippen LogP contribution in [0.1, 0.15) is 5.56 Å². The Morgan fingerprint density at radius 1 is 1.08 bits per heavy atom. The van der Waals surface area contributed by atoms with Gasteiger partial charge in [-0.25, -0.2) is 0 Å². The molecule has 0 saturated carbocycles. The summed E-state index contributed by atoms with van der Waals surface area (Å²) >= 11 is 0. The van der Waals surface area contributed by atoms with Crippen LogP contribution in [0.25, 0.3) is 0 Å². The summed E-state index contributed by atoms with van der Waals surface area (Å²) in [5.74, 6) is 1.03. The molecule has 1 aliphatic heterocycles. The lowest BCUT2D eigenvalue weighted by molar-refractivity contribution is -0.130. The molecule has 0 bridgehead atoms. The first-order valence-corrected chi connectivity index (χ1v) is 8.17. The van der Waals surface area contributed by atoms with Crippen molar-refractivity contribution in [2.75, 3.05) is 43.9 Å². The zero-order valence-electron chi connectivity index (χ0n) is 13.9. The number of nitrogens with zero attached hydrogens (tertiary/aromatic N) is 2. The molecule has 0 atom stereocenters. The van der Waals surface area contributed by atoms with Crippen LogP contribution in [0, 0.1) is 0 Å². The zero-order valence-corrected chi connectivity index (χ0v) is 13.9. The Kier molecular flexibility index (Phi) is 4.89. The van der Waals surface area contributed by atoms with Crippen LogP contribution < -0.4 is 15.4 Å². The number of rotatable bonds is 4. The van der Waals surface area contributed by atoms with Gasteiger partial charge in [0.15, 0.2) is 0 Å². The van der Waals surface area contributed by atoms with Gasteiger partial charge in [0.2, 0.25) is 5.91 Å². The van der Waals surface area contributed by atoms with Crippen LogP contribution in [-0.4, -0.2) is 44.1 Å². The number of benzene rings is 2. The van der Waals surface area contributed by atoms with Crippen molar-refractivity contribution in [1.82, 2.24) is 4.90 Å². The lowest BCUT2D eigenvalue weighted by atomic mass is 10.1. The first-order valence-electron chi connectivity index (χ1n) is 8.17. The highest BCUT2D eigenvalue weighted by atomic mass is 16.5. The van der Waals surface area contributed by atoms with Gasteiger partial charge in [0.1, 0.15) is 5.75 Å². The minimum absolute atomic E-state index is 0.153. The molecule has 0 aromatic heterocycles. The minimum Gasteiger partial charge on any atom is -0.495 e. The van der Waals surface area contributed by atoms with E-state index in [1.807, 2.05) is 47.4 Å². The molecule has 0 radical (unpaired) electrons. The van der Waals surface area contributed by atoms with E-state index in [0.717, 1.165) is 43.2 Å². The van der Waals surface area contributed by atoms with Gasteiger partial charge in [0.25, 0.3) is 0 Å². The Hall–Kier alpha value is -2.69. The second-order valence-electron chi connectivity index (χ2n) is 5.96. The van der Waals surface area contributed by atoms with Crippen LogP contribution in [0.2, 0.25) is 0 Å². The predicted molar refractivity (Wildman–Crippen MR) is 96.3 cm³/mol. The highest BCUT2D eigenvalue weighted by Crippen LogP contribution is 2.28. The maximum Gasteiger partial charge on any atom is 0.227 e. The van der Waals surface area contributed by atoms with Crippen LogP contribution in [0.4, 0.5) is 11.4 Å². The Balaban J connectivity index is 1.59. The number of hydrogen-bond donors (Lipinski definition) is 1. The first kappa shape index (κ1) is 16.2. The van der Waals surface area contributed by atoms with Gasteiger partial charge in [0.05, 0.1) is 19.2 Å². The highest BCUT2D eigenvalue weighted by molar-refractivity contribution is 5.79. The number of ether oxygens (including phenoxy) is 1. The summed E-state index contributed by atoms with van der Waals surface area (Å²) in [6, 6.07) is 15.5. The Labute approximate surface area is 142 Å². The van der Waals surface area contributed by atoms with Crippen molar-refractivity contribution >= 4 is 17.3 Å². The Morgan fingerprint density at radius 2 is 1.83 bits per heavy atom. The largest absolute Gasteiger partial charge is 0.495 e. The van der Waals surface area contributed by atoms with Crippen molar-refractivity contribution in [3.05, 3.63) is 54.1 Å². The topological polar surface area (TPSA) is 58.8 Å². The second-order valence-corrected chi connectivity index (χ2v) is 5.96. The molecule has 1 fully saturated rings. The predicted octanol–water partition coefficient (Wildman–Crippen LogP) is 2.17. The standard InChI is InChI=1S/C19H23N3O2/c1-24-18-8-3-2-7-17(18)21-9-11-22(12-10-21)19(23)14-15-5-4-6-16(20)13-15/h2-8,13H,9-12,14,20H2,1H3. The third kappa shape index (κ3) is 3.62. The summed E-state index contributed by atoms with van der Waals surface area (Å²) < 4.78 is 5.43. The van der Waals surface area contributed by atoms with Gasteiger partial charge < -0.3 is 20.3 Å². The van der Waals surface area contributed by atoms with Crippen LogP contribution in [0.3, 0.4) is 0 Å². The summed E-state index contributed by atoms with van der Waals surface area (Å²) in [6.07, 6.45) is 0.402. The number of nitrogens with two attached hydrogens (primary N) is 1. The lowest BCUT2D eigenvalue weighted by Crippen LogP contribution is -2.49. The summed E-state index contributed by atoms with van der Waals surface area (Å²) in [7, 11) is 1.68. The third-order valence-electron chi connectivity index (χ3n) is 4.36. The molecule has 5 nitrogen and oxygen atoms in total.